The van der Waals surface area contributed by atoms with Gasteiger partial charge < -0.3 is 10.1 Å². The average molecular weight is 535 g/mol. The molecule has 1 amide bonds. The van der Waals surface area contributed by atoms with E-state index in [0.29, 0.717) is 17.7 Å². The van der Waals surface area contributed by atoms with Gasteiger partial charge in [-0.2, -0.15) is 0 Å². The Hall–Kier alpha value is -3.44. The number of sulfonamides is 1. The molecule has 36 heavy (non-hydrogen) atoms. The number of sulfone groups is 1. The van der Waals surface area contributed by atoms with Gasteiger partial charge in [0.2, 0.25) is 5.91 Å². The first-order valence-electron chi connectivity index (χ1n) is 11.0. The van der Waals surface area contributed by atoms with Gasteiger partial charge >= 0.3 is 0 Å². The zero-order valence-electron chi connectivity index (χ0n) is 20.0. The normalized spacial score (nSPS) is 12.6. The van der Waals surface area contributed by atoms with Crippen LogP contribution in [0.4, 0.5) is 10.1 Å². The molecule has 3 aromatic rings. The lowest BCUT2D eigenvalue weighted by Crippen LogP contribution is -2.42. The van der Waals surface area contributed by atoms with Crippen molar-refractivity contribution in [2.24, 2.45) is 0 Å². The molecule has 0 saturated heterocycles. The van der Waals surface area contributed by atoms with Gasteiger partial charge in [-0.25, -0.2) is 21.2 Å². The highest BCUT2D eigenvalue weighted by molar-refractivity contribution is 7.93. The molecule has 3 rings (SSSR count). The Morgan fingerprint density at radius 1 is 0.917 bits per heavy atom. The molecule has 11 heteroatoms. The van der Waals surface area contributed by atoms with Crippen molar-refractivity contribution in [2.45, 2.75) is 29.2 Å². The molecule has 8 nitrogen and oxygen atoms in total. The van der Waals surface area contributed by atoms with E-state index in [4.69, 9.17) is 4.74 Å². The molecule has 1 N–H and O–H groups in total. The fourth-order valence-electron chi connectivity index (χ4n) is 3.54. The van der Waals surface area contributed by atoms with Crippen LogP contribution >= 0.6 is 0 Å². The first kappa shape index (κ1) is 27.2. The predicted molar refractivity (Wildman–Crippen MR) is 135 cm³/mol. The van der Waals surface area contributed by atoms with E-state index in [-0.39, 0.29) is 15.5 Å². The number of benzene rings is 3. The van der Waals surface area contributed by atoms with Crippen LogP contribution in [0.15, 0.2) is 82.6 Å². The molecule has 0 saturated carbocycles. The molecule has 1 unspecified atom stereocenters. The fraction of sp³-hybridized carbons (Fsp3) is 0.240. The highest BCUT2D eigenvalue weighted by Gasteiger charge is 2.28. The Labute approximate surface area is 210 Å². The van der Waals surface area contributed by atoms with Crippen LogP contribution in [0, 0.1) is 5.82 Å². The highest BCUT2D eigenvalue weighted by atomic mass is 32.2. The summed E-state index contributed by atoms with van der Waals surface area (Å²) >= 11 is 0. The largest absolute Gasteiger partial charge is 0.497 e. The molecule has 1 atom stereocenters. The maximum absolute atomic E-state index is 13.5. The summed E-state index contributed by atoms with van der Waals surface area (Å²) in [6, 6.07) is 16.1. The molecular formula is C25H27FN2O6S2. The third-order valence-electron chi connectivity index (χ3n) is 5.50. The summed E-state index contributed by atoms with van der Waals surface area (Å²) in [5.41, 5.74) is 0.789. The Balaban J connectivity index is 1.88. The van der Waals surface area contributed by atoms with Crippen molar-refractivity contribution in [3.8, 4) is 5.75 Å². The minimum absolute atomic E-state index is 0.0659. The number of carbonyl (C=O) groups excluding carboxylic acids is 1. The second-order valence-electron chi connectivity index (χ2n) is 8.03. The maximum Gasteiger partial charge on any atom is 0.264 e. The number of hydrogen-bond donors (Lipinski definition) is 1. The van der Waals surface area contributed by atoms with Crippen molar-refractivity contribution < 1.29 is 30.8 Å². The van der Waals surface area contributed by atoms with E-state index in [1.165, 1.54) is 55.6 Å². The molecule has 0 aromatic heterocycles. The van der Waals surface area contributed by atoms with Crippen LogP contribution in [0.25, 0.3) is 0 Å². The average Bonchev–Trinajstić information content (AvgIpc) is 2.86. The number of methoxy groups -OCH3 is 1. The molecule has 0 aliphatic heterocycles. The predicted octanol–water partition coefficient (Wildman–Crippen LogP) is 3.70. The van der Waals surface area contributed by atoms with Crippen molar-refractivity contribution >= 4 is 31.5 Å². The van der Waals surface area contributed by atoms with Gasteiger partial charge in [-0.1, -0.05) is 19.1 Å². The van der Waals surface area contributed by atoms with Gasteiger partial charge in [0.15, 0.2) is 9.84 Å². The van der Waals surface area contributed by atoms with Crippen molar-refractivity contribution in [3.05, 3.63) is 84.2 Å². The standard InChI is InChI=1S/C25H27FN2O6S2/c1-4-24(18-5-13-22(14-6-18)35(3,30)31)27-25(29)17-28(20-9-7-19(26)8-10-20)36(32,33)23-15-11-21(34-2)12-16-23/h5-16,24H,4,17H2,1-3H3,(H,27,29). The van der Waals surface area contributed by atoms with Gasteiger partial charge in [0.1, 0.15) is 18.1 Å². The number of carbonyl (C=O) groups is 1. The van der Waals surface area contributed by atoms with Crippen LogP contribution in [0.5, 0.6) is 5.75 Å². The molecule has 0 heterocycles. The van der Waals surface area contributed by atoms with Gasteiger partial charge in [-0.3, -0.25) is 9.10 Å². The van der Waals surface area contributed by atoms with E-state index in [1.54, 1.807) is 12.1 Å². The molecule has 0 radical (unpaired) electrons. The summed E-state index contributed by atoms with van der Waals surface area (Å²) in [4.78, 5) is 13.1. The van der Waals surface area contributed by atoms with Gasteiger partial charge in [0.25, 0.3) is 10.0 Å². The monoisotopic (exact) mass is 534 g/mol. The van der Waals surface area contributed by atoms with Crippen molar-refractivity contribution in [1.82, 2.24) is 5.32 Å². The molecule has 3 aromatic carbocycles. The molecule has 0 fully saturated rings. The number of amides is 1. The second-order valence-corrected chi connectivity index (χ2v) is 11.9. The van der Waals surface area contributed by atoms with E-state index >= 15 is 0 Å². The van der Waals surface area contributed by atoms with Gasteiger partial charge in [0, 0.05) is 6.26 Å². The van der Waals surface area contributed by atoms with Crippen LogP contribution in [0.1, 0.15) is 24.9 Å². The second kappa shape index (κ2) is 11.1. The Morgan fingerprint density at radius 3 is 1.97 bits per heavy atom. The Kier molecular flexibility index (Phi) is 8.36. The Bertz CT molecular complexity index is 1410. The van der Waals surface area contributed by atoms with Crippen LogP contribution in [0.3, 0.4) is 0 Å². The lowest BCUT2D eigenvalue weighted by molar-refractivity contribution is -0.120. The highest BCUT2D eigenvalue weighted by Crippen LogP contribution is 2.26. The van der Waals surface area contributed by atoms with E-state index in [9.17, 15) is 26.0 Å². The molecule has 0 aliphatic carbocycles. The first-order valence-corrected chi connectivity index (χ1v) is 14.3. The third-order valence-corrected chi connectivity index (χ3v) is 8.42. The summed E-state index contributed by atoms with van der Waals surface area (Å²) in [5.74, 6) is -0.670. The molecular weight excluding hydrogens is 507 g/mol. The van der Waals surface area contributed by atoms with Crippen molar-refractivity contribution in [1.29, 1.82) is 0 Å². The number of halogens is 1. The van der Waals surface area contributed by atoms with Crippen LogP contribution in [-0.4, -0.2) is 42.7 Å². The van der Waals surface area contributed by atoms with E-state index in [1.807, 2.05) is 6.92 Å². The van der Waals surface area contributed by atoms with Crippen molar-refractivity contribution in [2.75, 3.05) is 24.2 Å². The maximum atomic E-state index is 13.5. The topological polar surface area (TPSA) is 110 Å². The SMILES string of the molecule is CCC(NC(=O)CN(c1ccc(F)cc1)S(=O)(=O)c1ccc(OC)cc1)c1ccc(S(C)(=O)=O)cc1. The Morgan fingerprint density at radius 2 is 1.47 bits per heavy atom. The summed E-state index contributed by atoms with van der Waals surface area (Å²) in [6.07, 6.45) is 1.58. The summed E-state index contributed by atoms with van der Waals surface area (Å²) in [5, 5.41) is 2.81. The first-order chi connectivity index (χ1) is 17.0. The number of nitrogens with one attached hydrogen (secondary N) is 1. The van der Waals surface area contributed by atoms with Crippen LogP contribution in [0.2, 0.25) is 0 Å². The van der Waals surface area contributed by atoms with E-state index in [0.717, 1.165) is 22.7 Å². The van der Waals surface area contributed by atoms with Gasteiger partial charge in [-0.15, -0.1) is 0 Å². The zero-order chi connectivity index (χ0) is 26.5. The number of anilines is 1. The summed E-state index contributed by atoms with van der Waals surface area (Å²) in [6.45, 7) is 1.28. The number of nitrogens with zero attached hydrogens (tertiary/aromatic N) is 1. The molecule has 192 valence electrons. The summed E-state index contributed by atoms with van der Waals surface area (Å²) < 4.78 is 69.9. The fourth-order valence-corrected chi connectivity index (χ4v) is 5.59. The lowest BCUT2D eigenvalue weighted by Gasteiger charge is -2.26. The van der Waals surface area contributed by atoms with Gasteiger partial charge in [-0.05, 0) is 72.6 Å². The van der Waals surface area contributed by atoms with E-state index < -0.39 is 44.2 Å². The number of hydrogen-bond acceptors (Lipinski definition) is 6. The van der Waals surface area contributed by atoms with Crippen LogP contribution in [-0.2, 0) is 24.7 Å². The molecule has 0 aliphatic rings. The molecule has 0 spiro atoms. The minimum atomic E-state index is -4.19. The van der Waals surface area contributed by atoms with Crippen LogP contribution < -0.4 is 14.4 Å². The van der Waals surface area contributed by atoms with Gasteiger partial charge in [0.05, 0.1) is 28.6 Å². The smallest absolute Gasteiger partial charge is 0.264 e. The summed E-state index contributed by atoms with van der Waals surface area (Å²) in [7, 11) is -6.10. The zero-order valence-corrected chi connectivity index (χ0v) is 21.6. The number of ether oxygens (including phenoxy) is 1. The van der Waals surface area contributed by atoms with E-state index in [2.05, 4.69) is 5.32 Å². The molecule has 0 bridgehead atoms. The quantitative estimate of drug-likeness (QED) is 0.425. The lowest BCUT2D eigenvalue weighted by atomic mass is 10.0. The third kappa shape index (κ3) is 6.41. The minimum Gasteiger partial charge on any atom is -0.497 e. The van der Waals surface area contributed by atoms with Crippen molar-refractivity contribution in [3.63, 3.8) is 0 Å². The number of rotatable bonds is 10.